The van der Waals surface area contributed by atoms with Crippen molar-refractivity contribution in [1.29, 1.82) is 0 Å². The van der Waals surface area contributed by atoms with Crippen LogP contribution in [0.4, 0.5) is 17.1 Å². The third-order valence-electron chi connectivity index (χ3n) is 13.8. The molecule has 3 atom stereocenters. The number of fused-ring (bicyclic) bond motifs is 6. The molecule has 3 aliphatic heterocycles. The van der Waals surface area contributed by atoms with E-state index in [1.165, 1.54) is 83.8 Å². The Bertz CT molecular complexity index is 3080. The van der Waals surface area contributed by atoms with Crippen molar-refractivity contribution in [2.24, 2.45) is 0 Å². The number of rotatable bonds is 3. The average molecular weight is 891 g/mol. The highest BCUT2D eigenvalue weighted by molar-refractivity contribution is 6.31. The Hall–Kier alpha value is -7.33. The van der Waals surface area contributed by atoms with Crippen LogP contribution in [0.3, 0.4) is 0 Å². The third-order valence-corrected chi connectivity index (χ3v) is 14.2. The van der Waals surface area contributed by atoms with E-state index in [1.54, 1.807) is 0 Å². The topological polar surface area (TPSA) is 18.5 Å². The fraction of sp³-hybridized carbons (Fsp3) is 0.143. The Labute approximate surface area is 402 Å². The molecule has 0 saturated heterocycles. The Morgan fingerprint density at radius 3 is 1.37 bits per heavy atom. The fourth-order valence-electron chi connectivity index (χ4n) is 10.6. The molecular formula is C63H56ClN3. The zero-order valence-corrected chi connectivity index (χ0v) is 39.2. The van der Waals surface area contributed by atoms with Crippen LogP contribution in [0.5, 0.6) is 0 Å². The molecule has 330 valence electrons. The first-order valence-electron chi connectivity index (χ1n) is 23.5. The lowest BCUT2D eigenvalue weighted by Gasteiger charge is -2.23. The van der Waals surface area contributed by atoms with Gasteiger partial charge in [0, 0.05) is 73.6 Å². The third kappa shape index (κ3) is 8.88. The number of nitrogens with one attached hydrogen (secondary N) is 1. The summed E-state index contributed by atoms with van der Waals surface area (Å²) in [5, 5.41) is 4.38. The average Bonchev–Trinajstić information content (AvgIpc) is 3.68. The van der Waals surface area contributed by atoms with Crippen LogP contribution in [0.25, 0.3) is 0 Å². The Morgan fingerprint density at radius 1 is 0.373 bits per heavy atom. The fourth-order valence-corrected chi connectivity index (χ4v) is 10.9. The minimum atomic E-state index is 0.163. The van der Waals surface area contributed by atoms with Crippen molar-refractivity contribution in [1.82, 2.24) is 0 Å². The maximum atomic E-state index is 6.52. The van der Waals surface area contributed by atoms with Gasteiger partial charge >= 0.3 is 0 Å². The Kier molecular flexibility index (Phi) is 12.8. The molecule has 0 spiro atoms. The van der Waals surface area contributed by atoms with Crippen LogP contribution >= 0.6 is 11.6 Å². The highest BCUT2D eigenvalue weighted by Gasteiger charge is 2.29. The molecule has 1 N–H and O–H groups in total. The van der Waals surface area contributed by atoms with E-state index in [2.05, 4.69) is 248 Å². The van der Waals surface area contributed by atoms with Gasteiger partial charge in [0.05, 0.1) is 0 Å². The predicted octanol–water partition coefficient (Wildman–Crippen LogP) is 15.4. The van der Waals surface area contributed by atoms with Gasteiger partial charge in [-0.15, -0.1) is 0 Å². The van der Waals surface area contributed by atoms with Gasteiger partial charge in [-0.2, -0.15) is 0 Å². The summed E-state index contributed by atoms with van der Waals surface area (Å²) in [6, 6.07) is 80.2. The zero-order chi connectivity index (χ0) is 45.7. The van der Waals surface area contributed by atoms with Gasteiger partial charge in [0.2, 0.25) is 0 Å². The molecule has 0 aromatic heterocycles. The molecule has 3 heterocycles. The van der Waals surface area contributed by atoms with Gasteiger partial charge in [-0.05, 0) is 104 Å². The molecule has 3 nitrogen and oxygen atoms in total. The largest absolute Gasteiger partial charge is 0.381 e. The Balaban J connectivity index is 0.000000118. The second-order valence-corrected chi connectivity index (χ2v) is 18.4. The highest BCUT2D eigenvalue weighted by Crippen LogP contribution is 2.45. The second kappa shape index (κ2) is 19.6. The van der Waals surface area contributed by atoms with Gasteiger partial charge in [0.15, 0.2) is 0 Å². The molecular weight excluding hydrogens is 834 g/mol. The summed E-state index contributed by atoms with van der Waals surface area (Å²) in [6.07, 6.45) is 0. The van der Waals surface area contributed by atoms with Crippen LogP contribution in [0.2, 0.25) is 5.02 Å². The quantitative estimate of drug-likeness (QED) is 0.191. The van der Waals surface area contributed by atoms with E-state index in [9.17, 15) is 0 Å². The first-order chi connectivity index (χ1) is 32.9. The van der Waals surface area contributed by atoms with Crippen molar-refractivity contribution in [2.75, 3.05) is 29.2 Å². The zero-order valence-electron chi connectivity index (χ0n) is 38.5. The molecule has 67 heavy (non-hydrogen) atoms. The van der Waals surface area contributed by atoms with Crippen LogP contribution in [0.1, 0.15) is 90.1 Å². The summed E-state index contributed by atoms with van der Waals surface area (Å²) in [4.78, 5) is 4.73. The molecule has 0 aliphatic carbocycles. The van der Waals surface area contributed by atoms with E-state index in [1.807, 2.05) is 12.1 Å². The van der Waals surface area contributed by atoms with E-state index in [0.717, 1.165) is 30.2 Å². The van der Waals surface area contributed by atoms with Crippen LogP contribution in [0.15, 0.2) is 224 Å². The van der Waals surface area contributed by atoms with Crippen molar-refractivity contribution in [2.45, 2.75) is 44.3 Å². The van der Waals surface area contributed by atoms with Crippen molar-refractivity contribution in [3.8, 4) is 0 Å². The van der Waals surface area contributed by atoms with Gasteiger partial charge < -0.3 is 15.1 Å². The van der Waals surface area contributed by atoms with Crippen molar-refractivity contribution in [3.05, 3.63) is 302 Å². The summed E-state index contributed by atoms with van der Waals surface area (Å²) >= 11 is 6.52. The first kappa shape index (κ1) is 43.6. The summed E-state index contributed by atoms with van der Waals surface area (Å²) in [5.41, 5.74) is 21.5. The second-order valence-electron chi connectivity index (χ2n) is 18.0. The standard InChI is InChI=1S/C22H21N.C21H19N.C20H16ClN/c1-16-9-3-5-11-18(16)22-19-12-6-4-10-17(19)15-23(2)21-14-8-7-13-20(21)22;1-22-15-17-11-5-6-12-18(17)21(16-9-3-2-4-10-16)19-13-7-8-14-20(19)22;21-18-11-5-3-9-16(18)20-15-8-2-1-7-14(15)13-22-19-12-6-4-10-17(19)20/h3-14,22H,15H2,1-2H3;2-14,21H,15H2,1H3;1-12,20,22H,13H2. The summed E-state index contributed by atoms with van der Waals surface area (Å²) in [5.74, 6) is 0.767. The van der Waals surface area contributed by atoms with Crippen LogP contribution in [-0.4, -0.2) is 14.1 Å². The van der Waals surface area contributed by atoms with E-state index in [0.29, 0.717) is 11.8 Å². The molecule has 0 amide bonds. The lowest BCUT2D eigenvalue weighted by atomic mass is 9.81. The number of benzene rings is 9. The number of halogens is 1. The number of hydrogen-bond acceptors (Lipinski definition) is 3. The Morgan fingerprint density at radius 2 is 0.776 bits per heavy atom. The molecule has 4 heteroatoms. The molecule has 3 aliphatic rings. The lowest BCUT2D eigenvalue weighted by Crippen LogP contribution is -2.16. The van der Waals surface area contributed by atoms with Gasteiger partial charge in [0.25, 0.3) is 0 Å². The summed E-state index contributed by atoms with van der Waals surface area (Å²) < 4.78 is 0. The van der Waals surface area contributed by atoms with Gasteiger partial charge in [0.1, 0.15) is 0 Å². The monoisotopic (exact) mass is 889 g/mol. The first-order valence-corrected chi connectivity index (χ1v) is 23.8. The smallest absolute Gasteiger partial charge is 0.0447 e. The highest BCUT2D eigenvalue weighted by atomic mass is 35.5. The van der Waals surface area contributed by atoms with Crippen molar-refractivity contribution in [3.63, 3.8) is 0 Å². The molecule has 0 bridgehead atoms. The van der Waals surface area contributed by atoms with Gasteiger partial charge in [-0.3, -0.25) is 0 Å². The van der Waals surface area contributed by atoms with E-state index >= 15 is 0 Å². The molecule has 9 aromatic carbocycles. The van der Waals surface area contributed by atoms with Crippen LogP contribution in [0, 0.1) is 6.92 Å². The maximum Gasteiger partial charge on any atom is 0.0447 e. The van der Waals surface area contributed by atoms with E-state index in [4.69, 9.17) is 11.6 Å². The normalized spacial score (nSPS) is 16.4. The number of anilines is 3. The van der Waals surface area contributed by atoms with Gasteiger partial charge in [-0.1, -0.05) is 212 Å². The minimum Gasteiger partial charge on any atom is -0.381 e. The van der Waals surface area contributed by atoms with E-state index in [-0.39, 0.29) is 5.92 Å². The predicted molar refractivity (Wildman–Crippen MR) is 282 cm³/mol. The minimum absolute atomic E-state index is 0.163. The number of aryl methyl sites for hydroxylation is 1. The molecule has 9 aromatic rings. The molecule has 12 rings (SSSR count). The number of nitrogens with zero attached hydrogens (tertiary/aromatic N) is 2. The molecule has 3 unspecified atom stereocenters. The molecule has 0 fully saturated rings. The SMILES string of the molecule is CN1Cc2ccccc2C(c2ccccc2)c2ccccc21.Cc1ccccc1C1c2ccccc2CN(C)c2ccccc21.Clc1ccccc1C1c2ccccc2CNc2ccccc21. The van der Waals surface area contributed by atoms with E-state index < -0.39 is 0 Å². The molecule has 0 radical (unpaired) electrons. The lowest BCUT2D eigenvalue weighted by molar-refractivity contribution is 0.922. The van der Waals surface area contributed by atoms with Gasteiger partial charge in [-0.25, -0.2) is 0 Å². The molecule has 0 saturated carbocycles. The van der Waals surface area contributed by atoms with Crippen molar-refractivity contribution < 1.29 is 0 Å². The van der Waals surface area contributed by atoms with Crippen LogP contribution < -0.4 is 15.1 Å². The summed E-state index contributed by atoms with van der Waals surface area (Å²) in [7, 11) is 4.37. The maximum absolute atomic E-state index is 6.52. The number of hydrogen-bond donors (Lipinski definition) is 1. The van der Waals surface area contributed by atoms with Crippen LogP contribution in [-0.2, 0) is 19.6 Å². The van der Waals surface area contributed by atoms with Crippen molar-refractivity contribution >= 4 is 28.7 Å². The number of para-hydroxylation sites is 3. The summed E-state index contributed by atoms with van der Waals surface area (Å²) in [6.45, 7) is 4.97.